The third kappa shape index (κ3) is 3.04. The molecule has 0 saturated carbocycles. The Bertz CT molecular complexity index is 398. The Kier molecular flexibility index (Phi) is 4.25. The SMILES string of the molecule is COc1nc(OCCC2CCCN2C)ccc1N. The Balaban J connectivity index is 1.83. The van der Waals surface area contributed by atoms with Gasteiger partial charge >= 0.3 is 0 Å². The van der Waals surface area contributed by atoms with E-state index in [0.717, 1.165) is 6.42 Å². The zero-order chi connectivity index (χ0) is 13.0. The normalized spacial score (nSPS) is 20.0. The van der Waals surface area contributed by atoms with Gasteiger partial charge in [0.2, 0.25) is 11.8 Å². The highest BCUT2D eigenvalue weighted by Gasteiger charge is 2.20. The summed E-state index contributed by atoms with van der Waals surface area (Å²) in [7, 11) is 3.72. The summed E-state index contributed by atoms with van der Waals surface area (Å²) >= 11 is 0. The van der Waals surface area contributed by atoms with Crippen molar-refractivity contribution in [2.24, 2.45) is 0 Å². The highest BCUT2D eigenvalue weighted by molar-refractivity contribution is 5.49. The Hall–Kier alpha value is -1.49. The molecule has 18 heavy (non-hydrogen) atoms. The largest absolute Gasteiger partial charge is 0.479 e. The zero-order valence-corrected chi connectivity index (χ0v) is 11.1. The van der Waals surface area contributed by atoms with Gasteiger partial charge in [0.25, 0.3) is 0 Å². The fourth-order valence-corrected chi connectivity index (χ4v) is 2.32. The summed E-state index contributed by atoms with van der Waals surface area (Å²) in [6.07, 6.45) is 3.58. The molecule has 100 valence electrons. The molecular weight excluding hydrogens is 230 g/mol. The van der Waals surface area contributed by atoms with Gasteiger partial charge in [-0.1, -0.05) is 0 Å². The predicted molar refractivity (Wildman–Crippen MR) is 71.0 cm³/mol. The lowest BCUT2D eigenvalue weighted by atomic mass is 10.1. The van der Waals surface area contributed by atoms with Gasteiger partial charge in [0.1, 0.15) is 0 Å². The van der Waals surface area contributed by atoms with Crippen LogP contribution in [0.15, 0.2) is 12.1 Å². The van der Waals surface area contributed by atoms with Gasteiger partial charge in [-0.2, -0.15) is 4.98 Å². The molecule has 0 aromatic carbocycles. The summed E-state index contributed by atoms with van der Waals surface area (Å²) in [5.41, 5.74) is 6.22. The van der Waals surface area contributed by atoms with Crippen molar-refractivity contribution in [2.75, 3.05) is 33.0 Å². The molecule has 0 amide bonds. The summed E-state index contributed by atoms with van der Waals surface area (Å²) in [5, 5.41) is 0. The summed E-state index contributed by atoms with van der Waals surface area (Å²) in [6.45, 7) is 1.87. The predicted octanol–water partition coefficient (Wildman–Crippen LogP) is 1.54. The molecule has 5 heteroatoms. The molecular formula is C13H21N3O2. The maximum Gasteiger partial charge on any atom is 0.240 e. The van der Waals surface area contributed by atoms with Gasteiger partial charge in [0, 0.05) is 12.1 Å². The van der Waals surface area contributed by atoms with Crippen LogP contribution in [0, 0.1) is 0 Å². The minimum Gasteiger partial charge on any atom is -0.479 e. The second-order valence-corrected chi connectivity index (χ2v) is 4.66. The number of nitrogens with two attached hydrogens (primary N) is 1. The van der Waals surface area contributed by atoms with Crippen LogP contribution >= 0.6 is 0 Å². The molecule has 0 bridgehead atoms. The van der Waals surface area contributed by atoms with Gasteiger partial charge in [-0.25, -0.2) is 0 Å². The molecule has 2 rings (SSSR count). The van der Waals surface area contributed by atoms with Gasteiger partial charge in [0.05, 0.1) is 19.4 Å². The van der Waals surface area contributed by atoms with Crippen LogP contribution in [0.1, 0.15) is 19.3 Å². The lowest BCUT2D eigenvalue weighted by Gasteiger charge is -2.19. The molecule has 0 spiro atoms. The van der Waals surface area contributed by atoms with E-state index in [1.165, 1.54) is 19.4 Å². The lowest BCUT2D eigenvalue weighted by molar-refractivity contribution is 0.227. The standard InChI is InChI=1S/C13H21N3O2/c1-16-8-3-4-10(16)7-9-18-12-6-5-11(14)13(15-12)17-2/h5-6,10H,3-4,7-9,14H2,1-2H3. The van der Waals surface area contributed by atoms with Crippen LogP contribution in [0.5, 0.6) is 11.8 Å². The number of nitrogens with zero attached hydrogens (tertiary/aromatic N) is 2. The molecule has 1 aliphatic rings. The quantitative estimate of drug-likeness (QED) is 0.860. The molecule has 0 radical (unpaired) electrons. The van der Waals surface area contributed by atoms with Crippen LogP contribution < -0.4 is 15.2 Å². The number of hydrogen-bond acceptors (Lipinski definition) is 5. The molecule has 2 heterocycles. The fraction of sp³-hybridized carbons (Fsp3) is 0.615. The van der Waals surface area contributed by atoms with Crippen molar-refractivity contribution in [3.63, 3.8) is 0 Å². The Morgan fingerprint density at radius 1 is 1.50 bits per heavy atom. The number of nitrogen functional groups attached to an aromatic ring is 1. The van der Waals surface area contributed by atoms with Gasteiger partial charge in [-0.15, -0.1) is 0 Å². The van der Waals surface area contributed by atoms with Gasteiger partial charge < -0.3 is 20.1 Å². The van der Waals surface area contributed by atoms with Crippen LogP contribution in [0.4, 0.5) is 5.69 Å². The van der Waals surface area contributed by atoms with Crippen molar-refractivity contribution >= 4 is 5.69 Å². The average Bonchev–Trinajstić information content (AvgIpc) is 2.77. The van der Waals surface area contributed by atoms with E-state index in [9.17, 15) is 0 Å². The highest BCUT2D eigenvalue weighted by atomic mass is 16.5. The number of ether oxygens (including phenoxy) is 2. The van der Waals surface area contributed by atoms with E-state index >= 15 is 0 Å². The summed E-state index contributed by atoms with van der Waals surface area (Å²) in [4.78, 5) is 6.58. The smallest absolute Gasteiger partial charge is 0.240 e. The van der Waals surface area contributed by atoms with Gasteiger partial charge in [0.15, 0.2) is 0 Å². The molecule has 1 aliphatic heterocycles. The first-order valence-electron chi connectivity index (χ1n) is 6.34. The Morgan fingerprint density at radius 2 is 2.33 bits per heavy atom. The first-order chi connectivity index (χ1) is 8.70. The second-order valence-electron chi connectivity index (χ2n) is 4.66. The van der Waals surface area contributed by atoms with Crippen molar-refractivity contribution in [3.8, 4) is 11.8 Å². The molecule has 5 nitrogen and oxygen atoms in total. The number of likely N-dealkylation sites (tertiary alicyclic amines) is 1. The van der Waals surface area contributed by atoms with E-state index in [-0.39, 0.29) is 0 Å². The van der Waals surface area contributed by atoms with Crippen molar-refractivity contribution in [3.05, 3.63) is 12.1 Å². The van der Waals surface area contributed by atoms with E-state index in [1.807, 2.05) is 0 Å². The molecule has 2 N–H and O–H groups in total. The van der Waals surface area contributed by atoms with Crippen LogP contribution in [0.2, 0.25) is 0 Å². The number of anilines is 1. The highest BCUT2D eigenvalue weighted by Crippen LogP contribution is 2.22. The van der Waals surface area contributed by atoms with Crippen LogP contribution in [-0.2, 0) is 0 Å². The molecule has 1 saturated heterocycles. The monoisotopic (exact) mass is 251 g/mol. The number of pyridine rings is 1. The van der Waals surface area contributed by atoms with Crippen molar-refractivity contribution in [2.45, 2.75) is 25.3 Å². The van der Waals surface area contributed by atoms with E-state index in [0.29, 0.717) is 30.1 Å². The van der Waals surface area contributed by atoms with E-state index in [4.69, 9.17) is 15.2 Å². The molecule has 1 unspecified atom stereocenters. The van der Waals surface area contributed by atoms with E-state index in [1.54, 1.807) is 19.2 Å². The van der Waals surface area contributed by atoms with Crippen LogP contribution in [0.25, 0.3) is 0 Å². The molecule has 1 atom stereocenters. The number of aromatic nitrogens is 1. The van der Waals surface area contributed by atoms with Crippen LogP contribution in [0.3, 0.4) is 0 Å². The second kappa shape index (κ2) is 5.91. The number of hydrogen-bond donors (Lipinski definition) is 1. The van der Waals surface area contributed by atoms with Crippen molar-refractivity contribution in [1.82, 2.24) is 9.88 Å². The lowest BCUT2D eigenvalue weighted by Crippen LogP contribution is -2.26. The topological polar surface area (TPSA) is 60.6 Å². The Labute approximate surface area is 108 Å². The maximum atomic E-state index is 5.70. The van der Waals surface area contributed by atoms with E-state index < -0.39 is 0 Å². The van der Waals surface area contributed by atoms with E-state index in [2.05, 4.69) is 16.9 Å². The minimum atomic E-state index is 0.422. The fourth-order valence-electron chi connectivity index (χ4n) is 2.32. The third-order valence-electron chi connectivity index (χ3n) is 3.43. The molecule has 1 fully saturated rings. The van der Waals surface area contributed by atoms with Crippen molar-refractivity contribution in [1.29, 1.82) is 0 Å². The maximum absolute atomic E-state index is 5.70. The third-order valence-corrected chi connectivity index (χ3v) is 3.43. The van der Waals surface area contributed by atoms with Gasteiger partial charge in [-0.05, 0) is 38.9 Å². The zero-order valence-electron chi connectivity index (χ0n) is 11.1. The summed E-state index contributed by atoms with van der Waals surface area (Å²) in [6, 6.07) is 4.17. The first-order valence-corrected chi connectivity index (χ1v) is 6.34. The number of rotatable bonds is 5. The van der Waals surface area contributed by atoms with Crippen LogP contribution in [-0.4, -0.2) is 43.2 Å². The molecule has 1 aromatic heterocycles. The minimum absolute atomic E-state index is 0.422. The first kappa shape index (κ1) is 13.0. The average molecular weight is 251 g/mol. The van der Waals surface area contributed by atoms with Gasteiger partial charge in [-0.3, -0.25) is 0 Å². The molecule has 1 aromatic rings. The molecule has 0 aliphatic carbocycles. The summed E-state index contributed by atoms with van der Waals surface area (Å²) in [5.74, 6) is 0.993. The Morgan fingerprint density at radius 3 is 3.00 bits per heavy atom. The number of methoxy groups -OCH3 is 1. The van der Waals surface area contributed by atoms with Crippen molar-refractivity contribution < 1.29 is 9.47 Å². The summed E-state index contributed by atoms with van der Waals surface area (Å²) < 4.78 is 10.7.